The number of hydrogen-bond acceptors (Lipinski definition) is 6. The number of nitrogens with zero attached hydrogens (tertiary/aromatic N) is 3. The molecule has 1 aromatic rings. The van der Waals surface area contributed by atoms with E-state index in [1.807, 2.05) is 0 Å². The predicted molar refractivity (Wildman–Crippen MR) is 80.7 cm³/mol. The SMILES string of the molecule is NCCOc1ccc(Cl)cc1N(C(N)=O)N1N=CC=CN1. The van der Waals surface area contributed by atoms with Crippen molar-refractivity contribution in [3.05, 3.63) is 35.5 Å². The Kier molecular flexibility index (Phi) is 4.85. The summed E-state index contributed by atoms with van der Waals surface area (Å²) in [5.74, 6) is 0.412. The average molecular weight is 311 g/mol. The fraction of sp³-hybridized carbons (Fsp3) is 0.167. The van der Waals surface area contributed by atoms with E-state index < -0.39 is 6.03 Å². The molecule has 2 amide bonds. The maximum absolute atomic E-state index is 11.8. The van der Waals surface area contributed by atoms with Crippen LogP contribution in [-0.2, 0) is 0 Å². The van der Waals surface area contributed by atoms with E-state index in [4.69, 9.17) is 27.8 Å². The number of amides is 2. The van der Waals surface area contributed by atoms with Crippen LogP contribution < -0.4 is 26.6 Å². The molecule has 9 heteroatoms. The molecule has 1 aliphatic rings. The van der Waals surface area contributed by atoms with Gasteiger partial charge in [-0.25, -0.2) is 4.79 Å². The van der Waals surface area contributed by atoms with Gasteiger partial charge in [-0.15, -0.1) is 5.10 Å². The van der Waals surface area contributed by atoms with E-state index in [1.165, 1.54) is 11.4 Å². The molecule has 0 unspecified atom stereocenters. The van der Waals surface area contributed by atoms with Gasteiger partial charge in [0.2, 0.25) is 0 Å². The number of nitrogens with one attached hydrogen (secondary N) is 1. The third-order valence-electron chi connectivity index (χ3n) is 2.47. The smallest absolute Gasteiger partial charge is 0.341 e. The summed E-state index contributed by atoms with van der Waals surface area (Å²) >= 11 is 5.99. The number of carbonyl (C=O) groups excluding carboxylic acids is 1. The molecule has 1 heterocycles. The maximum atomic E-state index is 11.8. The van der Waals surface area contributed by atoms with Crippen LogP contribution in [0.2, 0.25) is 5.02 Å². The number of primary amides is 1. The summed E-state index contributed by atoms with van der Waals surface area (Å²) in [6, 6.07) is 4.07. The van der Waals surface area contributed by atoms with Gasteiger partial charge >= 0.3 is 6.03 Å². The first-order chi connectivity index (χ1) is 10.1. The number of allylic oxidation sites excluding steroid dienone is 1. The highest BCUT2D eigenvalue weighted by atomic mass is 35.5. The lowest BCUT2D eigenvalue weighted by molar-refractivity contribution is 0.193. The van der Waals surface area contributed by atoms with Crippen molar-refractivity contribution in [2.75, 3.05) is 18.2 Å². The van der Waals surface area contributed by atoms with Gasteiger partial charge in [0.15, 0.2) is 0 Å². The number of hydrazine groups is 2. The summed E-state index contributed by atoms with van der Waals surface area (Å²) in [6.45, 7) is 0.624. The molecule has 2 rings (SSSR count). The molecule has 0 atom stereocenters. The number of carbonyl (C=O) groups is 1. The van der Waals surface area contributed by atoms with E-state index in [1.54, 1.807) is 30.5 Å². The van der Waals surface area contributed by atoms with Crippen molar-refractivity contribution in [1.29, 1.82) is 0 Å². The van der Waals surface area contributed by atoms with Crippen LogP contribution in [0.25, 0.3) is 0 Å². The third-order valence-corrected chi connectivity index (χ3v) is 2.71. The van der Waals surface area contributed by atoms with E-state index in [9.17, 15) is 4.79 Å². The lowest BCUT2D eigenvalue weighted by atomic mass is 10.3. The molecule has 112 valence electrons. The van der Waals surface area contributed by atoms with Crippen molar-refractivity contribution in [1.82, 2.24) is 10.7 Å². The molecule has 0 fully saturated rings. The number of hydrogen-bond donors (Lipinski definition) is 3. The number of anilines is 1. The van der Waals surface area contributed by atoms with E-state index in [2.05, 4.69) is 10.5 Å². The fourth-order valence-electron chi connectivity index (χ4n) is 1.66. The molecule has 0 saturated heterocycles. The van der Waals surface area contributed by atoms with E-state index in [0.717, 1.165) is 5.01 Å². The zero-order valence-electron chi connectivity index (χ0n) is 11.1. The summed E-state index contributed by atoms with van der Waals surface area (Å²) in [5.41, 5.74) is 14.0. The third kappa shape index (κ3) is 3.56. The number of rotatable bonds is 5. The Morgan fingerprint density at radius 3 is 2.95 bits per heavy atom. The highest BCUT2D eigenvalue weighted by Gasteiger charge is 2.24. The molecule has 21 heavy (non-hydrogen) atoms. The minimum absolute atomic E-state index is 0.290. The number of urea groups is 1. The Morgan fingerprint density at radius 1 is 1.52 bits per heavy atom. The van der Waals surface area contributed by atoms with E-state index in [-0.39, 0.29) is 6.61 Å². The van der Waals surface area contributed by atoms with E-state index in [0.29, 0.717) is 23.0 Å². The molecule has 0 bridgehead atoms. The highest BCUT2D eigenvalue weighted by Crippen LogP contribution is 2.32. The summed E-state index contributed by atoms with van der Waals surface area (Å²) in [5, 5.41) is 6.68. The second kappa shape index (κ2) is 6.82. The van der Waals surface area contributed by atoms with Gasteiger partial charge in [0.1, 0.15) is 18.0 Å². The van der Waals surface area contributed by atoms with Gasteiger partial charge in [0, 0.05) is 17.8 Å². The van der Waals surface area contributed by atoms with Gasteiger partial charge in [-0.3, -0.25) is 5.43 Å². The van der Waals surface area contributed by atoms with Gasteiger partial charge in [-0.05, 0) is 24.3 Å². The van der Waals surface area contributed by atoms with Crippen molar-refractivity contribution < 1.29 is 9.53 Å². The molecule has 0 aliphatic carbocycles. The Bertz CT molecular complexity index is 577. The molecular weight excluding hydrogens is 296 g/mol. The molecule has 0 radical (unpaired) electrons. The zero-order valence-corrected chi connectivity index (χ0v) is 11.8. The maximum Gasteiger partial charge on any atom is 0.341 e. The largest absolute Gasteiger partial charge is 0.490 e. The normalized spacial score (nSPS) is 13.0. The number of ether oxygens (including phenoxy) is 1. The first-order valence-electron chi connectivity index (χ1n) is 6.11. The quantitative estimate of drug-likeness (QED) is 0.745. The van der Waals surface area contributed by atoms with Crippen LogP contribution in [0.1, 0.15) is 0 Å². The Labute approximate surface area is 126 Å². The lowest BCUT2D eigenvalue weighted by Crippen LogP contribution is -2.52. The zero-order chi connectivity index (χ0) is 15.2. The molecular formula is C12H15ClN6O2. The van der Waals surface area contributed by atoms with Crippen LogP contribution in [0.3, 0.4) is 0 Å². The molecule has 0 saturated carbocycles. The summed E-state index contributed by atoms with van der Waals surface area (Å²) in [7, 11) is 0. The second-order valence-corrected chi connectivity index (χ2v) is 4.38. The molecule has 0 spiro atoms. The highest BCUT2D eigenvalue weighted by molar-refractivity contribution is 6.31. The van der Waals surface area contributed by atoms with Crippen molar-refractivity contribution in [3.8, 4) is 5.75 Å². The van der Waals surface area contributed by atoms with Crippen molar-refractivity contribution >= 4 is 29.5 Å². The van der Waals surface area contributed by atoms with Gasteiger partial charge in [-0.2, -0.15) is 5.01 Å². The first-order valence-corrected chi connectivity index (χ1v) is 6.48. The van der Waals surface area contributed by atoms with Crippen molar-refractivity contribution in [2.24, 2.45) is 16.6 Å². The van der Waals surface area contributed by atoms with Gasteiger partial charge in [0.05, 0.1) is 6.21 Å². The lowest BCUT2D eigenvalue weighted by Gasteiger charge is -2.32. The van der Waals surface area contributed by atoms with Gasteiger partial charge in [0.25, 0.3) is 0 Å². The molecule has 1 aromatic carbocycles. The summed E-state index contributed by atoms with van der Waals surface area (Å²) < 4.78 is 5.51. The first kappa shape index (κ1) is 14.9. The number of benzene rings is 1. The standard InChI is InChI=1S/C12H15ClN6O2/c13-9-2-3-11(21-7-4-14)10(8-9)18(12(15)20)19-16-5-1-6-17-19/h1-3,5-6,8,16H,4,7,14H2,(H2,15,20). The Morgan fingerprint density at radius 2 is 2.33 bits per heavy atom. The minimum Gasteiger partial charge on any atom is -0.490 e. The predicted octanol–water partition coefficient (Wildman–Crippen LogP) is 0.797. The van der Waals surface area contributed by atoms with Crippen molar-refractivity contribution in [3.63, 3.8) is 0 Å². The minimum atomic E-state index is -0.755. The number of nitrogens with two attached hydrogens (primary N) is 2. The van der Waals surface area contributed by atoms with Crippen LogP contribution in [-0.4, -0.2) is 30.6 Å². The second-order valence-electron chi connectivity index (χ2n) is 3.94. The van der Waals surface area contributed by atoms with Gasteiger partial charge < -0.3 is 16.2 Å². The number of halogens is 1. The average Bonchev–Trinajstić information content (AvgIpc) is 2.47. The van der Waals surface area contributed by atoms with Crippen LogP contribution in [0, 0.1) is 0 Å². The Hall–Kier alpha value is -2.45. The molecule has 5 N–H and O–H groups in total. The fourth-order valence-corrected chi connectivity index (χ4v) is 1.82. The Balaban J connectivity index is 2.38. The van der Waals surface area contributed by atoms with Crippen molar-refractivity contribution in [2.45, 2.75) is 0 Å². The van der Waals surface area contributed by atoms with Crippen LogP contribution in [0.15, 0.2) is 35.6 Å². The molecule has 1 aliphatic heterocycles. The number of hydrazone groups is 1. The van der Waals surface area contributed by atoms with Crippen LogP contribution in [0.5, 0.6) is 5.75 Å². The van der Waals surface area contributed by atoms with Crippen LogP contribution >= 0.6 is 11.6 Å². The van der Waals surface area contributed by atoms with Crippen LogP contribution in [0.4, 0.5) is 10.5 Å². The molecule has 0 aromatic heterocycles. The molecule has 8 nitrogen and oxygen atoms in total. The topological polar surface area (TPSA) is 109 Å². The summed E-state index contributed by atoms with van der Waals surface area (Å²) in [6.07, 6.45) is 4.75. The van der Waals surface area contributed by atoms with E-state index >= 15 is 0 Å². The summed E-state index contributed by atoms with van der Waals surface area (Å²) in [4.78, 5) is 11.8. The van der Waals surface area contributed by atoms with Gasteiger partial charge in [-0.1, -0.05) is 16.8 Å². The monoisotopic (exact) mass is 310 g/mol.